The molecule has 7 nitrogen and oxygen atoms in total. The molecule has 1 N–H and O–H groups in total. The average Bonchev–Trinajstić information content (AvgIpc) is 2.73. The Balaban J connectivity index is 1.76. The van der Waals surface area contributed by atoms with Crippen molar-refractivity contribution in [2.75, 3.05) is 13.2 Å². The summed E-state index contributed by atoms with van der Waals surface area (Å²) in [5.41, 5.74) is 1.88. The summed E-state index contributed by atoms with van der Waals surface area (Å²) in [4.78, 5) is 12.1. The maximum absolute atomic E-state index is 12.1. The van der Waals surface area contributed by atoms with Crippen LogP contribution in [0.2, 0.25) is 0 Å². The van der Waals surface area contributed by atoms with E-state index in [0.29, 0.717) is 24.7 Å². The highest BCUT2D eigenvalue weighted by Crippen LogP contribution is 2.28. The molecule has 150 valence electrons. The molecular weight excluding hydrogens is 388 g/mol. The molecule has 29 heavy (non-hydrogen) atoms. The molecule has 0 fully saturated rings. The Morgan fingerprint density at radius 1 is 1.17 bits per heavy atom. The third kappa shape index (κ3) is 5.39. The lowest BCUT2D eigenvalue weighted by Crippen LogP contribution is -2.22. The van der Waals surface area contributed by atoms with E-state index in [2.05, 4.69) is 27.4 Å². The van der Waals surface area contributed by atoms with Gasteiger partial charge in [-0.1, -0.05) is 30.3 Å². The first kappa shape index (κ1) is 20.5. The highest BCUT2D eigenvalue weighted by Gasteiger charge is 2.07. The van der Waals surface area contributed by atoms with Crippen LogP contribution in [0.1, 0.15) is 23.7 Å². The summed E-state index contributed by atoms with van der Waals surface area (Å²) < 4.78 is 12.8. The SMILES string of the molecule is CCOc1cc(/C=N/n2c(=S)[nH]nc(C)c2=O)ccc1OCCc1ccccc1. The van der Waals surface area contributed by atoms with Gasteiger partial charge in [-0.3, -0.25) is 9.89 Å². The van der Waals surface area contributed by atoms with Gasteiger partial charge in [-0.25, -0.2) is 0 Å². The predicted molar refractivity (Wildman–Crippen MR) is 115 cm³/mol. The van der Waals surface area contributed by atoms with Crippen molar-refractivity contribution < 1.29 is 9.47 Å². The van der Waals surface area contributed by atoms with Gasteiger partial charge < -0.3 is 9.47 Å². The van der Waals surface area contributed by atoms with Gasteiger partial charge in [0.05, 0.1) is 19.4 Å². The van der Waals surface area contributed by atoms with Crippen molar-refractivity contribution in [3.8, 4) is 11.5 Å². The molecule has 0 amide bonds. The highest BCUT2D eigenvalue weighted by atomic mass is 32.1. The number of hydrogen-bond donors (Lipinski definition) is 1. The maximum Gasteiger partial charge on any atom is 0.296 e. The maximum atomic E-state index is 12.1. The number of ether oxygens (including phenoxy) is 2. The first-order valence-corrected chi connectivity index (χ1v) is 9.65. The summed E-state index contributed by atoms with van der Waals surface area (Å²) >= 11 is 5.08. The van der Waals surface area contributed by atoms with E-state index in [-0.39, 0.29) is 16.0 Å². The quantitative estimate of drug-likeness (QED) is 0.454. The van der Waals surface area contributed by atoms with Crippen molar-refractivity contribution in [3.63, 3.8) is 0 Å². The molecule has 0 bridgehead atoms. The molecule has 0 aliphatic carbocycles. The topological polar surface area (TPSA) is 81.5 Å². The number of aromatic amines is 1. The Bertz CT molecular complexity index is 1110. The molecule has 0 atom stereocenters. The lowest BCUT2D eigenvalue weighted by Gasteiger charge is -2.12. The number of nitrogens with one attached hydrogen (secondary N) is 1. The predicted octanol–water partition coefficient (Wildman–Crippen LogP) is 3.51. The van der Waals surface area contributed by atoms with Gasteiger partial charge in [0.2, 0.25) is 4.77 Å². The highest BCUT2D eigenvalue weighted by molar-refractivity contribution is 7.71. The first-order valence-electron chi connectivity index (χ1n) is 9.24. The van der Waals surface area contributed by atoms with E-state index < -0.39 is 0 Å². The monoisotopic (exact) mass is 410 g/mol. The van der Waals surface area contributed by atoms with Gasteiger partial charge in [-0.15, -0.1) is 0 Å². The van der Waals surface area contributed by atoms with Crippen LogP contribution in [0.25, 0.3) is 0 Å². The van der Waals surface area contributed by atoms with E-state index in [9.17, 15) is 4.79 Å². The van der Waals surface area contributed by atoms with Crippen molar-refractivity contribution in [1.82, 2.24) is 14.9 Å². The first-order chi connectivity index (χ1) is 14.1. The van der Waals surface area contributed by atoms with Gasteiger partial charge in [-0.2, -0.15) is 14.9 Å². The number of H-pyrrole nitrogens is 1. The zero-order valence-corrected chi connectivity index (χ0v) is 17.1. The van der Waals surface area contributed by atoms with Gasteiger partial charge >= 0.3 is 0 Å². The molecule has 0 saturated heterocycles. The summed E-state index contributed by atoms with van der Waals surface area (Å²) in [5.74, 6) is 1.28. The largest absolute Gasteiger partial charge is 0.490 e. The van der Waals surface area contributed by atoms with Crippen molar-refractivity contribution >= 4 is 18.4 Å². The Morgan fingerprint density at radius 2 is 1.97 bits per heavy atom. The van der Waals surface area contributed by atoms with Crippen LogP contribution in [0.15, 0.2) is 58.4 Å². The van der Waals surface area contributed by atoms with Crippen LogP contribution in [0, 0.1) is 11.7 Å². The molecule has 0 radical (unpaired) electrons. The number of aryl methyl sites for hydroxylation is 1. The number of rotatable bonds is 8. The number of nitrogens with zero attached hydrogens (tertiary/aromatic N) is 3. The molecule has 1 heterocycles. The molecule has 0 saturated carbocycles. The van der Waals surface area contributed by atoms with Crippen LogP contribution < -0.4 is 15.0 Å². The second kappa shape index (κ2) is 9.79. The summed E-state index contributed by atoms with van der Waals surface area (Å²) in [7, 11) is 0. The molecule has 0 aliphatic rings. The van der Waals surface area contributed by atoms with Crippen molar-refractivity contribution in [2.45, 2.75) is 20.3 Å². The van der Waals surface area contributed by atoms with Gasteiger partial charge in [0.15, 0.2) is 11.5 Å². The minimum atomic E-state index is -0.365. The second-order valence-corrected chi connectivity index (χ2v) is 6.59. The van der Waals surface area contributed by atoms with Gasteiger partial charge in [-0.05, 0) is 55.4 Å². The summed E-state index contributed by atoms with van der Waals surface area (Å²) in [6.45, 7) is 4.55. The fraction of sp³-hybridized carbons (Fsp3) is 0.238. The molecule has 8 heteroatoms. The van der Waals surface area contributed by atoms with E-state index in [0.717, 1.165) is 16.7 Å². The Morgan fingerprint density at radius 3 is 2.72 bits per heavy atom. The molecule has 3 rings (SSSR count). The van der Waals surface area contributed by atoms with Gasteiger partial charge in [0.1, 0.15) is 5.69 Å². The van der Waals surface area contributed by atoms with Crippen LogP contribution in [0.5, 0.6) is 11.5 Å². The standard InChI is InChI=1S/C21H22N4O3S/c1-3-27-19-13-17(14-22-25-20(26)15(2)23-24-21(25)29)9-10-18(19)28-12-11-16-7-5-4-6-8-16/h4-10,13-14H,3,11-12H2,1-2H3,(H,24,29)/b22-14+. The number of benzene rings is 2. The molecular formula is C21H22N4O3S. The third-order valence-corrected chi connectivity index (χ3v) is 4.36. The minimum Gasteiger partial charge on any atom is -0.490 e. The zero-order valence-electron chi connectivity index (χ0n) is 16.3. The Labute approximate surface area is 173 Å². The average molecular weight is 410 g/mol. The van der Waals surface area contributed by atoms with Crippen molar-refractivity contribution in [3.05, 3.63) is 80.5 Å². The molecule has 2 aromatic carbocycles. The molecule has 0 unspecified atom stereocenters. The van der Waals surface area contributed by atoms with E-state index >= 15 is 0 Å². The van der Waals surface area contributed by atoms with Gasteiger partial charge in [0.25, 0.3) is 5.56 Å². The summed E-state index contributed by atoms with van der Waals surface area (Å²) in [6, 6.07) is 15.6. The van der Waals surface area contributed by atoms with Crippen LogP contribution in [-0.4, -0.2) is 34.3 Å². The number of aromatic nitrogens is 3. The summed E-state index contributed by atoms with van der Waals surface area (Å²) in [5, 5.41) is 10.6. The third-order valence-electron chi connectivity index (χ3n) is 4.09. The molecule has 3 aromatic rings. The van der Waals surface area contributed by atoms with E-state index in [4.69, 9.17) is 21.7 Å². The lowest BCUT2D eigenvalue weighted by molar-refractivity contribution is 0.279. The van der Waals surface area contributed by atoms with E-state index in [1.807, 2.05) is 43.3 Å². The fourth-order valence-electron chi connectivity index (χ4n) is 2.62. The van der Waals surface area contributed by atoms with Crippen molar-refractivity contribution in [2.24, 2.45) is 5.10 Å². The molecule has 1 aromatic heterocycles. The van der Waals surface area contributed by atoms with E-state index in [1.54, 1.807) is 13.1 Å². The normalized spacial score (nSPS) is 11.0. The smallest absolute Gasteiger partial charge is 0.296 e. The van der Waals surface area contributed by atoms with E-state index in [1.165, 1.54) is 5.56 Å². The van der Waals surface area contributed by atoms with Crippen LogP contribution in [0.4, 0.5) is 0 Å². The van der Waals surface area contributed by atoms with Crippen LogP contribution >= 0.6 is 12.2 Å². The Hall–Kier alpha value is -3.26. The Kier molecular flexibility index (Phi) is 6.91. The molecule has 0 aliphatic heterocycles. The number of hydrogen-bond acceptors (Lipinski definition) is 6. The molecule has 0 spiro atoms. The second-order valence-electron chi connectivity index (χ2n) is 6.20. The van der Waals surface area contributed by atoms with Gasteiger partial charge in [0, 0.05) is 6.42 Å². The van der Waals surface area contributed by atoms with Crippen LogP contribution in [-0.2, 0) is 6.42 Å². The summed E-state index contributed by atoms with van der Waals surface area (Å²) in [6.07, 6.45) is 2.35. The lowest BCUT2D eigenvalue weighted by atomic mass is 10.2. The minimum absolute atomic E-state index is 0.128. The van der Waals surface area contributed by atoms with Crippen LogP contribution in [0.3, 0.4) is 0 Å². The van der Waals surface area contributed by atoms with Crippen molar-refractivity contribution in [1.29, 1.82) is 0 Å². The zero-order chi connectivity index (χ0) is 20.6. The fourth-order valence-corrected chi connectivity index (χ4v) is 2.79.